The first-order chi connectivity index (χ1) is 9.33. The molecule has 0 saturated heterocycles. The molecule has 2 rings (SSSR count). The Morgan fingerprint density at radius 1 is 1.20 bits per heavy atom. The van der Waals surface area contributed by atoms with Gasteiger partial charge in [-0.05, 0) is 31.2 Å². The third kappa shape index (κ3) is 3.01. The minimum Gasteiger partial charge on any atom is -0.351 e. The van der Waals surface area contributed by atoms with Gasteiger partial charge in [0, 0.05) is 18.4 Å². The van der Waals surface area contributed by atoms with E-state index in [2.05, 4.69) is 4.72 Å². The second-order valence-corrected chi connectivity index (χ2v) is 6.92. The van der Waals surface area contributed by atoms with Gasteiger partial charge in [-0.25, -0.2) is 13.1 Å². The summed E-state index contributed by atoms with van der Waals surface area (Å²) in [5.41, 5.74) is 1.92. The van der Waals surface area contributed by atoms with E-state index >= 15 is 0 Å². The van der Waals surface area contributed by atoms with Crippen LogP contribution in [0.5, 0.6) is 0 Å². The normalized spacial score (nSPS) is 11.8. The minimum atomic E-state index is -3.70. The summed E-state index contributed by atoms with van der Waals surface area (Å²) in [6, 6.07) is 8.32. The Labute approximate surface area is 128 Å². The SMILES string of the molecule is Cc1ccc(CNS(=O)(=O)c2cccc(Cl)c2Cl)n1C. The maximum absolute atomic E-state index is 12.2. The molecule has 1 aromatic carbocycles. The summed E-state index contributed by atoms with van der Waals surface area (Å²) in [7, 11) is -1.82. The van der Waals surface area contributed by atoms with Crippen molar-refractivity contribution in [3.05, 3.63) is 51.8 Å². The molecule has 108 valence electrons. The van der Waals surface area contributed by atoms with Crippen LogP contribution >= 0.6 is 23.2 Å². The van der Waals surface area contributed by atoms with E-state index in [1.54, 1.807) is 12.1 Å². The van der Waals surface area contributed by atoms with Gasteiger partial charge in [0.15, 0.2) is 0 Å². The molecule has 0 aliphatic carbocycles. The molecular weight excluding hydrogens is 319 g/mol. The third-order valence-corrected chi connectivity index (χ3v) is 5.50. The summed E-state index contributed by atoms with van der Waals surface area (Å²) >= 11 is 11.8. The van der Waals surface area contributed by atoms with Gasteiger partial charge in [-0.1, -0.05) is 29.3 Å². The van der Waals surface area contributed by atoms with Crippen molar-refractivity contribution in [2.45, 2.75) is 18.4 Å². The number of nitrogens with one attached hydrogen (secondary N) is 1. The highest BCUT2D eigenvalue weighted by Crippen LogP contribution is 2.28. The van der Waals surface area contributed by atoms with E-state index in [0.717, 1.165) is 11.4 Å². The smallest absolute Gasteiger partial charge is 0.242 e. The Morgan fingerprint density at radius 2 is 1.90 bits per heavy atom. The summed E-state index contributed by atoms with van der Waals surface area (Å²) in [4.78, 5) is -0.0161. The van der Waals surface area contributed by atoms with E-state index in [1.807, 2.05) is 30.7 Å². The zero-order chi connectivity index (χ0) is 14.9. The van der Waals surface area contributed by atoms with Gasteiger partial charge in [-0.3, -0.25) is 0 Å². The lowest BCUT2D eigenvalue weighted by Crippen LogP contribution is -2.24. The van der Waals surface area contributed by atoms with Gasteiger partial charge in [0.2, 0.25) is 10.0 Å². The largest absolute Gasteiger partial charge is 0.351 e. The molecule has 0 spiro atoms. The van der Waals surface area contributed by atoms with Crippen LogP contribution in [0.4, 0.5) is 0 Å². The molecule has 0 saturated carbocycles. The summed E-state index contributed by atoms with van der Waals surface area (Å²) in [6.07, 6.45) is 0. The molecule has 0 bridgehead atoms. The fourth-order valence-electron chi connectivity index (χ4n) is 1.78. The molecule has 1 heterocycles. The topological polar surface area (TPSA) is 51.1 Å². The van der Waals surface area contributed by atoms with Crippen molar-refractivity contribution in [1.82, 2.24) is 9.29 Å². The zero-order valence-corrected chi connectivity index (χ0v) is 13.4. The molecule has 0 aliphatic heterocycles. The number of sulfonamides is 1. The van der Waals surface area contributed by atoms with Crippen molar-refractivity contribution in [3.8, 4) is 0 Å². The van der Waals surface area contributed by atoms with E-state index in [1.165, 1.54) is 6.07 Å². The van der Waals surface area contributed by atoms with Gasteiger partial charge in [0.25, 0.3) is 0 Å². The average molecular weight is 333 g/mol. The fourth-order valence-corrected chi connectivity index (χ4v) is 3.54. The standard InChI is InChI=1S/C13H14Cl2N2O2S/c1-9-6-7-10(17(9)2)8-16-20(18,19)12-5-3-4-11(14)13(12)15/h3-7,16H,8H2,1-2H3. The maximum atomic E-state index is 12.2. The first-order valence-corrected chi connectivity index (χ1v) is 8.11. The number of rotatable bonds is 4. The molecule has 0 atom stereocenters. The van der Waals surface area contributed by atoms with Crippen LogP contribution in [0.3, 0.4) is 0 Å². The summed E-state index contributed by atoms with van der Waals surface area (Å²) < 4.78 is 28.9. The van der Waals surface area contributed by atoms with E-state index in [-0.39, 0.29) is 21.5 Å². The van der Waals surface area contributed by atoms with Gasteiger partial charge in [-0.15, -0.1) is 0 Å². The highest BCUT2D eigenvalue weighted by atomic mass is 35.5. The minimum absolute atomic E-state index is 0.0161. The van der Waals surface area contributed by atoms with Gasteiger partial charge >= 0.3 is 0 Å². The second-order valence-electron chi connectivity index (χ2n) is 4.40. The van der Waals surface area contributed by atoms with Crippen LogP contribution in [0.25, 0.3) is 0 Å². The predicted octanol–water partition coefficient (Wildman–Crippen LogP) is 3.12. The van der Waals surface area contributed by atoms with Crippen LogP contribution < -0.4 is 4.72 Å². The molecule has 0 fully saturated rings. The number of aryl methyl sites for hydroxylation is 1. The summed E-state index contributed by atoms with van der Waals surface area (Å²) in [6.45, 7) is 2.14. The van der Waals surface area contributed by atoms with Crippen LogP contribution in [0.15, 0.2) is 35.2 Å². The van der Waals surface area contributed by atoms with Crippen molar-refractivity contribution in [1.29, 1.82) is 0 Å². The molecule has 2 aromatic rings. The quantitative estimate of drug-likeness (QED) is 0.935. The summed E-state index contributed by atoms with van der Waals surface area (Å²) in [5.74, 6) is 0. The Bertz CT molecular complexity index is 739. The molecule has 0 aliphatic rings. The zero-order valence-electron chi connectivity index (χ0n) is 11.0. The van der Waals surface area contributed by atoms with Crippen LogP contribution in [0.1, 0.15) is 11.4 Å². The van der Waals surface area contributed by atoms with E-state index < -0.39 is 10.0 Å². The van der Waals surface area contributed by atoms with E-state index in [0.29, 0.717) is 0 Å². The van der Waals surface area contributed by atoms with Gasteiger partial charge in [0.1, 0.15) is 4.90 Å². The number of hydrogen-bond acceptors (Lipinski definition) is 2. The van der Waals surface area contributed by atoms with Crippen LogP contribution in [0, 0.1) is 6.92 Å². The van der Waals surface area contributed by atoms with E-state index in [4.69, 9.17) is 23.2 Å². The number of aromatic nitrogens is 1. The molecule has 0 radical (unpaired) electrons. The third-order valence-electron chi connectivity index (χ3n) is 3.13. The van der Waals surface area contributed by atoms with Gasteiger partial charge in [0.05, 0.1) is 16.6 Å². The highest BCUT2D eigenvalue weighted by Gasteiger charge is 2.19. The Kier molecular flexibility index (Phi) is 4.44. The van der Waals surface area contributed by atoms with Gasteiger partial charge in [-0.2, -0.15) is 0 Å². The van der Waals surface area contributed by atoms with Crippen molar-refractivity contribution in [2.24, 2.45) is 7.05 Å². The second kappa shape index (κ2) is 5.77. The van der Waals surface area contributed by atoms with Crippen LogP contribution in [-0.2, 0) is 23.6 Å². The van der Waals surface area contributed by atoms with Crippen molar-refractivity contribution >= 4 is 33.2 Å². The molecule has 1 aromatic heterocycles. The molecular formula is C13H14Cl2N2O2S. The Balaban J connectivity index is 2.24. The Morgan fingerprint density at radius 3 is 2.50 bits per heavy atom. The number of halogens is 2. The molecule has 4 nitrogen and oxygen atoms in total. The predicted molar refractivity (Wildman–Crippen MR) is 80.6 cm³/mol. The van der Waals surface area contributed by atoms with Gasteiger partial charge < -0.3 is 4.57 Å². The van der Waals surface area contributed by atoms with Crippen molar-refractivity contribution in [3.63, 3.8) is 0 Å². The summed E-state index contributed by atoms with van der Waals surface area (Å²) in [5, 5.41) is 0.244. The molecule has 20 heavy (non-hydrogen) atoms. The molecule has 0 amide bonds. The van der Waals surface area contributed by atoms with Crippen molar-refractivity contribution in [2.75, 3.05) is 0 Å². The van der Waals surface area contributed by atoms with E-state index in [9.17, 15) is 8.42 Å². The number of hydrogen-bond donors (Lipinski definition) is 1. The lowest BCUT2D eigenvalue weighted by molar-refractivity contribution is 0.579. The monoisotopic (exact) mass is 332 g/mol. The average Bonchev–Trinajstić information content (AvgIpc) is 2.71. The lowest BCUT2D eigenvalue weighted by Gasteiger charge is -2.10. The van der Waals surface area contributed by atoms with Crippen LogP contribution in [0.2, 0.25) is 10.0 Å². The maximum Gasteiger partial charge on any atom is 0.242 e. The molecule has 0 unspecified atom stereocenters. The number of nitrogens with zero attached hydrogens (tertiary/aromatic N) is 1. The fraction of sp³-hybridized carbons (Fsp3) is 0.231. The lowest BCUT2D eigenvalue weighted by atomic mass is 10.4. The molecule has 7 heteroatoms. The first kappa shape index (κ1) is 15.4. The molecule has 1 N–H and O–H groups in total. The number of benzene rings is 1. The van der Waals surface area contributed by atoms with Crippen molar-refractivity contribution < 1.29 is 8.42 Å². The van der Waals surface area contributed by atoms with Crippen LogP contribution in [-0.4, -0.2) is 13.0 Å². The Hall–Kier alpha value is -1.01. The highest BCUT2D eigenvalue weighted by molar-refractivity contribution is 7.89. The first-order valence-electron chi connectivity index (χ1n) is 5.88.